The Balaban J connectivity index is 0.00000761. The highest BCUT2D eigenvalue weighted by Gasteiger charge is 2.37. The van der Waals surface area contributed by atoms with Gasteiger partial charge in [-0.25, -0.2) is 4.98 Å². The molecule has 13 nitrogen and oxygen atoms in total. The highest BCUT2D eigenvalue weighted by atomic mass is 35.5. The first-order valence-electron chi connectivity index (χ1n) is 22.8. The fourth-order valence-corrected chi connectivity index (χ4v) is 9.25. The van der Waals surface area contributed by atoms with Crippen LogP contribution >= 0.6 is 35.6 Å². The lowest BCUT2D eigenvalue weighted by molar-refractivity contribution is -0.147. The zero-order valence-electron chi connectivity index (χ0n) is 39.2. The summed E-state index contributed by atoms with van der Waals surface area (Å²) < 4.78 is 8.60. The molecule has 4 atom stereocenters. The van der Waals surface area contributed by atoms with Crippen LogP contribution in [-0.4, -0.2) is 110 Å². The Morgan fingerprint density at radius 2 is 1.47 bits per heavy atom. The van der Waals surface area contributed by atoms with Gasteiger partial charge < -0.3 is 29.3 Å². The zero-order chi connectivity index (χ0) is 47.8. The standard InChI is InChI=1S/C52H59Cl2N7O6.ClH/c1-34(62)25-45-52(66)58(4)43(27-37-13-18-41(53)19-14-37)32-57(3)51(65)40(26-36-11-7-6-8-12-36)28-49(63)61(35(2)50(64)56-45)31-39-15-20-42(54)29-47(39)67-44-21-16-38(17-22-44)46-30-55-48(59(46)5)33-60-23-9-10-24-60;/h6-8,11-22,29-30,35,40,43,45H,9-10,23-28,31-33H2,1-5H3,(H,56,64);1H/t35-,40+,43+,45-;/m0./s1. The normalized spacial score (nSPS) is 20.0. The van der Waals surface area contributed by atoms with Gasteiger partial charge in [-0.2, -0.15) is 0 Å². The van der Waals surface area contributed by atoms with Gasteiger partial charge in [-0.3, -0.25) is 28.9 Å². The van der Waals surface area contributed by atoms with Gasteiger partial charge in [-0.15, -0.1) is 12.4 Å². The molecule has 1 N–H and O–H groups in total. The first-order valence-corrected chi connectivity index (χ1v) is 23.6. The smallest absolute Gasteiger partial charge is 0.245 e. The van der Waals surface area contributed by atoms with E-state index < -0.39 is 41.8 Å². The van der Waals surface area contributed by atoms with Gasteiger partial charge in [-0.05, 0) is 112 Å². The molecule has 0 bridgehead atoms. The van der Waals surface area contributed by atoms with E-state index in [1.807, 2.05) is 80.0 Å². The number of hydrogen-bond donors (Lipinski definition) is 1. The number of Topliss-reactive ketones (excluding diaryl/α,β-unsaturated/α-hetero) is 1. The van der Waals surface area contributed by atoms with Crippen LogP contribution in [0.2, 0.25) is 10.0 Å². The second kappa shape index (κ2) is 23.5. The van der Waals surface area contributed by atoms with E-state index in [9.17, 15) is 24.0 Å². The molecule has 360 valence electrons. The van der Waals surface area contributed by atoms with Crippen LogP contribution in [-0.2, 0) is 57.0 Å². The maximum atomic E-state index is 14.9. The van der Waals surface area contributed by atoms with Crippen LogP contribution < -0.4 is 10.1 Å². The van der Waals surface area contributed by atoms with Gasteiger partial charge in [0.15, 0.2) is 0 Å². The van der Waals surface area contributed by atoms with E-state index in [1.54, 1.807) is 56.3 Å². The van der Waals surface area contributed by atoms with Crippen LogP contribution in [0.3, 0.4) is 0 Å². The highest BCUT2D eigenvalue weighted by molar-refractivity contribution is 6.31. The number of halogens is 3. The fraction of sp³-hybridized carbons (Fsp3) is 0.385. The summed E-state index contributed by atoms with van der Waals surface area (Å²) in [5, 5.41) is 3.79. The molecule has 2 aliphatic rings. The third kappa shape index (κ3) is 13.1. The molecule has 4 aromatic carbocycles. The molecule has 7 rings (SSSR count). The van der Waals surface area contributed by atoms with E-state index in [0.29, 0.717) is 33.5 Å². The summed E-state index contributed by atoms with van der Waals surface area (Å²) in [5.74, 6) is -1.14. The van der Waals surface area contributed by atoms with Crippen LogP contribution in [0.4, 0.5) is 0 Å². The molecule has 0 spiro atoms. The topological polar surface area (TPSA) is 137 Å². The summed E-state index contributed by atoms with van der Waals surface area (Å²) in [7, 11) is 5.32. The molecule has 4 amide bonds. The van der Waals surface area contributed by atoms with Crippen LogP contribution in [0, 0.1) is 5.92 Å². The van der Waals surface area contributed by atoms with Crippen LogP contribution in [0.1, 0.15) is 62.0 Å². The number of imidazole rings is 1. The molecule has 2 saturated heterocycles. The van der Waals surface area contributed by atoms with Crippen molar-refractivity contribution in [2.24, 2.45) is 13.0 Å². The number of likely N-dealkylation sites (tertiary alicyclic amines) is 1. The minimum absolute atomic E-state index is 0. The number of nitrogens with one attached hydrogen (secondary N) is 1. The fourth-order valence-electron chi connectivity index (χ4n) is 8.96. The Morgan fingerprint density at radius 1 is 0.809 bits per heavy atom. The Bertz CT molecular complexity index is 2550. The van der Waals surface area contributed by atoms with E-state index in [2.05, 4.69) is 14.8 Å². The molecular weight excluding hydrogens is 925 g/mol. The minimum atomic E-state index is -1.24. The summed E-state index contributed by atoms with van der Waals surface area (Å²) in [6.07, 6.45) is 4.42. The van der Waals surface area contributed by atoms with E-state index >= 15 is 0 Å². The number of carbonyl (C=O) groups excluding carboxylic acids is 5. The molecule has 1 aromatic heterocycles. The second-order valence-electron chi connectivity index (χ2n) is 17.9. The monoisotopic (exact) mass is 983 g/mol. The summed E-state index contributed by atoms with van der Waals surface area (Å²) in [5.41, 5.74) is 4.22. The molecule has 0 saturated carbocycles. The summed E-state index contributed by atoms with van der Waals surface area (Å²) in [4.78, 5) is 82.7. The third-order valence-corrected chi connectivity index (χ3v) is 13.4. The number of aromatic nitrogens is 2. The molecule has 68 heavy (non-hydrogen) atoms. The van der Waals surface area contributed by atoms with Crippen molar-refractivity contribution in [2.75, 3.05) is 33.7 Å². The number of benzene rings is 4. The van der Waals surface area contributed by atoms with Crippen molar-refractivity contribution in [1.82, 2.24) is 34.5 Å². The summed E-state index contributed by atoms with van der Waals surface area (Å²) in [6.45, 7) is 5.90. The number of ether oxygens (including phenoxy) is 1. The number of hydrogen-bond acceptors (Lipinski definition) is 8. The number of carbonyl (C=O) groups is 5. The maximum Gasteiger partial charge on any atom is 0.245 e. The molecule has 5 aromatic rings. The first-order chi connectivity index (χ1) is 32.1. The van der Waals surface area contributed by atoms with Gasteiger partial charge in [-0.1, -0.05) is 71.7 Å². The zero-order valence-corrected chi connectivity index (χ0v) is 41.5. The van der Waals surface area contributed by atoms with E-state index in [1.165, 1.54) is 29.6 Å². The molecule has 0 radical (unpaired) electrons. The Kier molecular flexibility index (Phi) is 17.9. The van der Waals surface area contributed by atoms with Gasteiger partial charge in [0, 0.05) is 61.7 Å². The van der Waals surface area contributed by atoms with Crippen molar-refractivity contribution >= 4 is 65.0 Å². The van der Waals surface area contributed by atoms with Gasteiger partial charge in [0.1, 0.15) is 35.2 Å². The summed E-state index contributed by atoms with van der Waals surface area (Å²) in [6, 6.07) is 26.5. The van der Waals surface area contributed by atoms with Crippen molar-refractivity contribution in [3.63, 3.8) is 0 Å². The second-order valence-corrected chi connectivity index (χ2v) is 18.8. The molecule has 0 unspecified atom stereocenters. The van der Waals surface area contributed by atoms with Crippen molar-refractivity contribution in [3.8, 4) is 22.8 Å². The number of nitrogens with zero attached hydrogens (tertiary/aromatic N) is 6. The molecular formula is C52H60Cl3N7O6. The minimum Gasteiger partial charge on any atom is -0.457 e. The average molecular weight is 985 g/mol. The average Bonchev–Trinajstić information content (AvgIpc) is 3.97. The Morgan fingerprint density at radius 3 is 2.15 bits per heavy atom. The number of likely N-dealkylation sites (N-methyl/N-ethyl adjacent to an activating group) is 2. The lowest BCUT2D eigenvalue weighted by Gasteiger charge is -2.37. The van der Waals surface area contributed by atoms with Crippen molar-refractivity contribution in [3.05, 3.63) is 136 Å². The SMILES string of the molecule is CC(=O)C[C@@H]1NC(=O)[C@H](C)N(Cc2ccc(Cl)cc2Oc2ccc(-c3cnc(CN4CCCC4)n3C)cc2)C(=O)C[C@@H](Cc2ccccc2)C(=O)N(C)C[C@@H](Cc2ccc(Cl)cc2)N(C)C1=O.Cl. The maximum absolute atomic E-state index is 14.9. The quantitative estimate of drug-likeness (QED) is 0.125. The summed E-state index contributed by atoms with van der Waals surface area (Å²) >= 11 is 12.8. The molecule has 2 aliphatic heterocycles. The molecule has 0 aliphatic carbocycles. The van der Waals surface area contributed by atoms with Crippen molar-refractivity contribution in [2.45, 2.75) is 83.6 Å². The van der Waals surface area contributed by atoms with Gasteiger partial charge in [0.05, 0.1) is 36.9 Å². The van der Waals surface area contributed by atoms with Crippen molar-refractivity contribution < 1.29 is 28.7 Å². The lowest BCUT2D eigenvalue weighted by atomic mass is 9.93. The van der Waals surface area contributed by atoms with Gasteiger partial charge in [0.2, 0.25) is 23.6 Å². The van der Waals surface area contributed by atoms with Gasteiger partial charge >= 0.3 is 0 Å². The molecule has 2 fully saturated rings. The first kappa shape index (κ1) is 51.7. The highest BCUT2D eigenvalue weighted by Crippen LogP contribution is 2.33. The van der Waals surface area contributed by atoms with Crippen LogP contribution in [0.15, 0.2) is 103 Å². The van der Waals surface area contributed by atoms with E-state index in [-0.39, 0.29) is 56.4 Å². The van der Waals surface area contributed by atoms with E-state index in [4.69, 9.17) is 32.9 Å². The molecule has 16 heteroatoms. The Labute approximate surface area is 415 Å². The number of rotatable bonds is 13. The Hall–Kier alpha value is -5.73. The predicted octanol–water partition coefficient (Wildman–Crippen LogP) is 8.18. The third-order valence-electron chi connectivity index (χ3n) is 12.9. The van der Waals surface area contributed by atoms with Crippen LogP contribution in [0.5, 0.6) is 11.5 Å². The van der Waals surface area contributed by atoms with E-state index in [0.717, 1.165) is 47.8 Å². The number of ketones is 1. The van der Waals surface area contributed by atoms with Crippen LogP contribution in [0.25, 0.3) is 11.3 Å². The number of amides is 4. The lowest BCUT2D eigenvalue weighted by Crippen LogP contribution is -2.58. The predicted molar refractivity (Wildman–Crippen MR) is 267 cm³/mol. The largest absolute Gasteiger partial charge is 0.457 e. The van der Waals surface area contributed by atoms with Crippen molar-refractivity contribution in [1.29, 1.82) is 0 Å². The molecule has 3 heterocycles. The van der Waals surface area contributed by atoms with Gasteiger partial charge in [0.25, 0.3) is 0 Å².